The molecule has 21 heavy (non-hydrogen) atoms. The van der Waals surface area contributed by atoms with Crippen molar-refractivity contribution in [3.8, 4) is 11.5 Å². The summed E-state index contributed by atoms with van der Waals surface area (Å²) in [4.78, 5) is 0. The van der Waals surface area contributed by atoms with Crippen molar-refractivity contribution >= 4 is 37.5 Å². The zero-order valence-electron chi connectivity index (χ0n) is 12.1. The van der Waals surface area contributed by atoms with Crippen molar-refractivity contribution in [1.82, 2.24) is 0 Å². The molecule has 0 saturated carbocycles. The molecule has 0 fully saturated rings. The summed E-state index contributed by atoms with van der Waals surface area (Å²) in [5, 5.41) is 3.48. The highest BCUT2D eigenvalue weighted by molar-refractivity contribution is 9.11. The Bertz CT molecular complexity index is 614. The van der Waals surface area contributed by atoms with Gasteiger partial charge in [-0.05, 0) is 62.5 Å². The van der Waals surface area contributed by atoms with Crippen molar-refractivity contribution in [2.24, 2.45) is 0 Å². The second kappa shape index (κ2) is 7.18. The van der Waals surface area contributed by atoms with Crippen LogP contribution in [0.25, 0.3) is 0 Å². The maximum Gasteiger partial charge on any atom is 0.135 e. The lowest BCUT2D eigenvalue weighted by Crippen LogP contribution is -2.07. The summed E-state index contributed by atoms with van der Waals surface area (Å²) in [7, 11) is 3.33. The van der Waals surface area contributed by atoms with E-state index in [1.807, 2.05) is 24.3 Å². The molecule has 0 aliphatic rings. The molecule has 2 aromatic rings. The average Bonchev–Trinajstić information content (AvgIpc) is 2.50. The van der Waals surface area contributed by atoms with Gasteiger partial charge in [-0.3, -0.25) is 0 Å². The van der Waals surface area contributed by atoms with Crippen molar-refractivity contribution in [1.29, 1.82) is 0 Å². The monoisotopic (exact) mass is 413 g/mol. The number of halogens is 2. The molecule has 2 rings (SSSR count). The van der Waals surface area contributed by atoms with Crippen LogP contribution in [-0.4, -0.2) is 14.2 Å². The topological polar surface area (TPSA) is 30.5 Å². The van der Waals surface area contributed by atoms with Crippen LogP contribution in [0.2, 0.25) is 0 Å². The van der Waals surface area contributed by atoms with Crippen LogP contribution in [0.3, 0.4) is 0 Å². The summed E-state index contributed by atoms with van der Waals surface area (Å²) in [5.74, 6) is 1.65. The first-order valence-electron chi connectivity index (χ1n) is 6.48. The first-order chi connectivity index (χ1) is 10.0. The molecule has 0 aromatic heterocycles. The highest BCUT2D eigenvalue weighted by atomic mass is 79.9. The fourth-order valence-electron chi connectivity index (χ4n) is 2.01. The largest absolute Gasteiger partial charge is 0.497 e. The zero-order valence-corrected chi connectivity index (χ0v) is 15.3. The van der Waals surface area contributed by atoms with E-state index in [1.54, 1.807) is 14.2 Å². The summed E-state index contributed by atoms with van der Waals surface area (Å²) < 4.78 is 12.4. The standard InChI is InChI=1S/C16H17Br2NO2/c1-10(11-4-6-12(20-2)7-5-11)19-15-9-16(21-3)14(18)8-13(15)17/h4-10,19H,1-3H3. The number of hydrogen-bond donors (Lipinski definition) is 1. The van der Waals surface area contributed by atoms with Crippen molar-refractivity contribution in [3.63, 3.8) is 0 Å². The smallest absolute Gasteiger partial charge is 0.135 e. The second-order valence-electron chi connectivity index (χ2n) is 4.61. The minimum absolute atomic E-state index is 0.165. The Morgan fingerprint density at radius 3 is 2.19 bits per heavy atom. The first-order valence-corrected chi connectivity index (χ1v) is 8.07. The van der Waals surface area contributed by atoms with Crippen LogP contribution in [0.1, 0.15) is 18.5 Å². The quantitative estimate of drug-likeness (QED) is 0.710. The van der Waals surface area contributed by atoms with E-state index >= 15 is 0 Å². The maximum absolute atomic E-state index is 5.33. The van der Waals surface area contributed by atoms with E-state index in [2.05, 4.69) is 56.2 Å². The Morgan fingerprint density at radius 1 is 0.952 bits per heavy atom. The highest BCUT2D eigenvalue weighted by Gasteiger charge is 2.11. The predicted molar refractivity (Wildman–Crippen MR) is 93.4 cm³/mol. The van der Waals surface area contributed by atoms with Gasteiger partial charge in [0.2, 0.25) is 0 Å². The number of methoxy groups -OCH3 is 2. The van der Waals surface area contributed by atoms with Gasteiger partial charge in [0.05, 0.1) is 24.4 Å². The van der Waals surface area contributed by atoms with Gasteiger partial charge in [-0.1, -0.05) is 12.1 Å². The molecule has 0 amide bonds. The number of nitrogens with one attached hydrogen (secondary N) is 1. The first kappa shape index (κ1) is 16.2. The van der Waals surface area contributed by atoms with Gasteiger partial charge in [0.15, 0.2) is 0 Å². The van der Waals surface area contributed by atoms with E-state index in [0.717, 1.165) is 26.1 Å². The molecule has 5 heteroatoms. The van der Waals surface area contributed by atoms with Gasteiger partial charge < -0.3 is 14.8 Å². The molecule has 1 N–H and O–H groups in total. The number of benzene rings is 2. The molecule has 1 atom stereocenters. The molecular formula is C16H17Br2NO2. The third-order valence-corrected chi connectivity index (χ3v) is 4.51. The molecular weight excluding hydrogens is 398 g/mol. The molecule has 0 aliphatic heterocycles. The van der Waals surface area contributed by atoms with Crippen molar-refractivity contribution in [2.75, 3.05) is 19.5 Å². The number of hydrogen-bond acceptors (Lipinski definition) is 3. The fraction of sp³-hybridized carbons (Fsp3) is 0.250. The molecule has 3 nitrogen and oxygen atoms in total. The van der Waals surface area contributed by atoms with Gasteiger partial charge in [-0.15, -0.1) is 0 Å². The minimum atomic E-state index is 0.165. The molecule has 112 valence electrons. The SMILES string of the molecule is COc1ccc(C(C)Nc2cc(OC)c(Br)cc2Br)cc1. The van der Waals surface area contributed by atoms with E-state index in [-0.39, 0.29) is 6.04 Å². The van der Waals surface area contributed by atoms with Crippen LogP contribution in [0.15, 0.2) is 45.3 Å². The number of ether oxygens (including phenoxy) is 2. The van der Waals surface area contributed by atoms with Gasteiger partial charge in [-0.25, -0.2) is 0 Å². The Kier molecular flexibility index (Phi) is 5.53. The lowest BCUT2D eigenvalue weighted by molar-refractivity contribution is 0.412. The van der Waals surface area contributed by atoms with Crippen LogP contribution >= 0.6 is 31.9 Å². The Labute approximate surface area is 141 Å². The Balaban J connectivity index is 2.20. The predicted octanol–water partition coefficient (Wildman–Crippen LogP) is 5.40. The second-order valence-corrected chi connectivity index (χ2v) is 6.31. The Morgan fingerprint density at radius 2 is 1.62 bits per heavy atom. The molecule has 1 unspecified atom stereocenters. The average molecular weight is 415 g/mol. The normalized spacial score (nSPS) is 11.9. The summed E-state index contributed by atoms with van der Waals surface area (Å²) >= 11 is 7.04. The van der Waals surface area contributed by atoms with Crippen molar-refractivity contribution < 1.29 is 9.47 Å². The van der Waals surface area contributed by atoms with E-state index in [9.17, 15) is 0 Å². The minimum Gasteiger partial charge on any atom is -0.497 e. The maximum atomic E-state index is 5.33. The lowest BCUT2D eigenvalue weighted by Gasteiger charge is -2.18. The van der Waals surface area contributed by atoms with Crippen LogP contribution in [0.4, 0.5) is 5.69 Å². The molecule has 0 radical (unpaired) electrons. The Hall–Kier alpha value is -1.20. The molecule has 0 aliphatic carbocycles. The molecule has 0 spiro atoms. The van der Waals surface area contributed by atoms with E-state index in [4.69, 9.17) is 9.47 Å². The van der Waals surface area contributed by atoms with Crippen LogP contribution in [-0.2, 0) is 0 Å². The van der Waals surface area contributed by atoms with E-state index in [0.29, 0.717) is 0 Å². The summed E-state index contributed by atoms with van der Waals surface area (Å²) in [6.07, 6.45) is 0. The van der Waals surface area contributed by atoms with Gasteiger partial charge in [-0.2, -0.15) is 0 Å². The number of anilines is 1. The van der Waals surface area contributed by atoms with Crippen LogP contribution in [0.5, 0.6) is 11.5 Å². The summed E-state index contributed by atoms with van der Waals surface area (Å²) in [5.41, 5.74) is 2.17. The molecule has 2 aromatic carbocycles. The number of rotatable bonds is 5. The highest BCUT2D eigenvalue weighted by Crippen LogP contribution is 2.36. The molecule has 0 heterocycles. The van der Waals surface area contributed by atoms with Crippen molar-refractivity contribution in [3.05, 3.63) is 50.9 Å². The van der Waals surface area contributed by atoms with Crippen molar-refractivity contribution in [2.45, 2.75) is 13.0 Å². The van der Waals surface area contributed by atoms with Crippen LogP contribution < -0.4 is 14.8 Å². The fourth-order valence-corrected chi connectivity index (χ4v) is 3.28. The summed E-state index contributed by atoms with van der Waals surface area (Å²) in [6.45, 7) is 2.11. The zero-order chi connectivity index (χ0) is 15.4. The van der Waals surface area contributed by atoms with Gasteiger partial charge in [0.25, 0.3) is 0 Å². The van der Waals surface area contributed by atoms with Gasteiger partial charge in [0, 0.05) is 16.6 Å². The van der Waals surface area contributed by atoms with Gasteiger partial charge >= 0.3 is 0 Å². The van der Waals surface area contributed by atoms with E-state index < -0.39 is 0 Å². The molecule has 0 saturated heterocycles. The molecule has 0 bridgehead atoms. The van der Waals surface area contributed by atoms with Gasteiger partial charge in [0.1, 0.15) is 11.5 Å². The van der Waals surface area contributed by atoms with Crippen LogP contribution in [0, 0.1) is 0 Å². The third kappa shape index (κ3) is 3.92. The summed E-state index contributed by atoms with van der Waals surface area (Å²) in [6, 6.07) is 12.1. The lowest BCUT2D eigenvalue weighted by atomic mass is 10.1. The van der Waals surface area contributed by atoms with E-state index in [1.165, 1.54) is 5.56 Å². The third-order valence-electron chi connectivity index (χ3n) is 3.23.